The Morgan fingerprint density at radius 2 is 2.14 bits per heavy atom. The van der Waals surface area contributed by atoms with Crippen LogP contribution >= 0.6 is 22.9 Å². The van der Waals surface area contributed by atoms with E-state index in [2.05, 4.69) is 9.97 Å². The first-order valence-electron chi connectivity index (χ1n) is 3.97. The molecule has 0 amide bonds. The largest absolute Gasteiger partial charge is 0.392 e. The molecular weight excluding hydrogens is 220 g/mol. The Labute approximate surface area is 90.0 Å². The third-order valence-corrected chi connectivity index (χ3v) is 2.87. The zero-order valence-corrected chi connectivity index (χ0v) is 8.72. The van der Waals surface area contributed by atoms with Crippen molar-refractivity contribution in [3.8, 4) is 10.6 Å². The third kappa shape index (κ3) is 1.92. The van der Waals surface area contributed by atoms with Crippen molar-refractivity contribution in [1.29, 1.82) is 0 Å². The van der Waals surface area contributed by atoms with E-state index >= 15 is 0 Å². The summed E-state index contributed by atoms with van der Waals surface area (Å²) in [5.41, 5.74) is 1.62. The molecule has 0 unspecified atom stereocenters. The zero-order valence-electron chi connectivity index (χ0n) is 7.14. The van der Waals surface area contributed by atoms with Crippen LogP contribution in [0, 0.1) is 0 Å². The summed E-state index contributed by atoms with van der Waals surface area (Å²) < 4.78 is 0.507. The molecule has 0 aliphatic rings. The van der Waals surface area contributed by atoms with Crippen molar-refractivity contribution < 1.29 is 5.11 Å². The van der Waals surface area contributed by atoms with Crippen LogP contribution in [0.5, 0.6) is 0 Å². The second-order valence-electron chi connectivity index (χ2n) is 2.69. The summed E-state index contributed by atoms with van der Waals surface area (Å²) >= 11 is 7.09. The quantitative estimate of drug-likeness (QED) is 0.855. The van der Waals surface area contributed by atoms with Gasteiger partial charge in [0.25, 0.3) is 0 Å². The number of hydrogen-bond acceptors (Lipinski definition) is 4. The molecule has 0 spiro atoms. The number of thiazole rings is 1. The van der Waals surface area contributed by atoms with Gasteiger partial charge in [0.1, 0.15) is 0 Å². The monoisotopic (exact) mass is 226 g/mol. The third-order valence-electron chi connectivity index (χ3n) is 1.74. The molecule has 0 aromatic carbocycles. The predicted molar refractivity (Wildman–Crippen MR) is 56.3 cm³/mol. The summed E-state index contributed by atoms with van der Waals surface area (Å²) in [5, 5.41) is 8.83. The average molecular weight is 227 g/mol. The SMILES string of the molecule is OCc1ccc(-c2cnc(Cl)s2)nc1. The number of hydrogen-bond donors (Lipinski definition) is 1. The molecule has 5 heteroatoms. The molecule has 0 aliphatic heterocycles. The predicted octanol–water partition coefficient (Wildman–Crippen LogP) is 2.35. The van der Waals surface area contributed by atoms with Crippen LogP contribution in [0.15, 0.2) is 24.5 Å². The van der Waals surface area contributed by atoms with Crippen molar-refractivity contribution in [3.05, 3.63) is 34.6 Å². The highest BCUT2D eigenvalue weighted by Gasteiger charge is 2.03. The fourth-order valence-corrected chi connectivity index (χ4v) is 1.95. The summed E-state index contributed by atoms with van der Waals surface area (Å²) in [4.78, 5) is 9.05. The molecular formula is C9H7ClN2OS. The topological polar surface area (TPSA) is 46.0 Å². The van der Waals surface area contributed by atoms with E-state index in [-0.39, 0.29) is 6.61 Å². The lowest BCUT2D eigenvalue weighted by atomic mass is 10.2. The number of rotatable bonds is 2. The van der Waals surface area contributed by atoms with Crippen LogP contribution in [0.25, 0.3) is 10.6 Å². The zero-order chi connectivity index (χ0) is 9.97. The summed E-state index contributed by atoms with van der Waals surface area (Å²) in [7, 11) is 0. The van der Waals surface area contributed by atoms with Gasteiger partial charge in [0.05, 0.1) is 17.2 Å². The Hall–Kier alpha value is -0.970. The van der Waals surface area contributed by atoms with Gasteiger partial charge in [-0.05, 0) is 11.6 Å². The standard InChI is InChI=1S/C9H7ClN2OS/c10-9-12-4-8(14-9)7-2-1-6(5-13)3-11-7/h1-4,13H,5H2. The number of pyridine rings is 1. The highest BCUT2D eigenvalue weighted by Crippen LogP contribution is 2.26. The maximum Gasteiger partial charge on any atom is 0.184 e. The first-order chi connectivity index (χ1) is 6.79. The molecule has 0 saturated carbocycles. The Morgan fingerprint density at radius 3 is 2.64 bits per heavy atom. The van der Waals surface area contributed by atoms with Gasteiger partial charge in [-0.25, -0.2) is 4.98 Å². The second kappa shape index (κ2) is 4.04. The van der Waals surface area contributed by atoms with E-state index in [9.17, 15) is 0 Å². The Bertz CT molecular complexity index is 427. The van der Waals surface area contributed by atoms with Gasteiger partial charge in [0, 0.05) is 12.4 Å². The number of nitrogens with zero attached hydrogens (tertiary/aromatic N) is 2. The fourth-order valence-electron chi connectivity index (χ4n) is 1.04. The number of aliphatic hydroxyl groups excluding tert-OH is 1. The van der Waals surface area contributed by atoms with Crippen molar-refractivity contribution in [2.24, 2.45) is 0 Å². The average Bonchev–Trinajstić information content (AvgIpc) is 2.65. The Kier molecular flexibility index (Phi) is 2.77. The summed E-state index contributed by atoms with van der Waals surface area (Å²) in [5.74, 6) is 0. The molecule has 1 N–H and O–H groups in total. The van der Waals surface area contributed by atoms with Crippen molar-refractivity contribution in [1.82, 2.24) is 9.97 Å². The molecule has 0 saturated heterocycles. The van der Waals surface area contributed by atoms with Gasteiger partial charge in [0.15, 0.2) is 4.47 Å². The van der Waals surface area contributed by atoms with E-state index in [1.54, 1.807) is 12.4 Å². The highest BCUT2D eigenvalue weighted by atomic mass is 35.5. The number of aliphatic hydroxyl groups is 1. The first kappa shape index (κ1) is 9.58. The number of halogens is 1. The molecule has 0 radical (unpaired) electrons. The first-order valence-corrected chi connectivity index (χ1v) is 5.16. The maximum atomic E-state index is 8.83. The van der Waals surface area contributed by atoms with E-state index in [1.165, 1.54) is 11.3 Å². The Morgan fingerprint density at radius 1 is 1.29 bits per heavy atom. The minimum atomic E-state index is 0.0106. The van der Waals surface area contributed by atoms with Gasteiger partial charge in [-0.2, -0.15) is 0 Å². The van der Waals surface area contributed by atoms with Crippen LogP contribution in [0.2, 0.25) is 4.47 Å². The lowest BCUT2D eigenvalue weighted by Gasteiger charge is -1.97. The van der Waals surface area contributed by atoms with Gasteiger partial charge in [-0.3, -0.25) is 4.98 Å². The van der Waals surface area contributed by atoms with Crippen molar-refractivity contribution in [2.75, 3.05) is 0 Å². The van der Waals surface area contributed by atoms with E-state index in [1.807, 2.05) is 12.1 Å². The summed E-state index contributed by atoms with van der Waals surface area (Å²) in [6, 6.07) is 3.67. The normalized spacial score (nSPS) is 10.4. The van der Waals surface area contributed by atoms with Crippen molar-refractivity contribution in [3.63, 3.8) is 0 Å². The molecule has 2 aromatic heterocycles. The number of aromatic nitrogens is 2. The maximum absolute atomic E-state index is 8.83. The second-order valence-corrected chi connectivity index (χ2v) is 4.30. The molecule has 72 valence electrons. The fraction of sp³-hybridized carbons (Fsp3) is 0.111. The van der Waals surface area contributed by atoms with Gasteiger partial charge >= 0.3 is 0 Å². The van der Waals surface area contributed by atoms with Gasteiger partial charge in [-0.15, -0.1) is 11.3 Å². The molecule has 2 rings (SSSR count). The Balaban J connectivity index is 2.33. The van der Waals surface area contributed by atoms with Crippen LogP contribution in [0.3, 0.4) is 0 Å². The van der Waals surface area contributed by atoms with Gasteiger partial charge < -0.3 is 5.11 Å². The minimum Gasteiger partial charge on any atom is -0.392 e. The van der Waals surface area contributed by atoms with Crippen molar-refractivity contribution >= 4 is 22.9 Å². The lowest BCUT2D eigenvalue weighted by Crippen LogP contribution is -1.85. The van der Waals surface area contributed by atoms with E-state index < -0.39 is 0 Å². The van der Waals surface area contributed by atoms with Gasteiger partial charge in [0.2, 0.25) is 0 Å². The summed E-state index contributed by atoms with van der Waals surface area (Å²) in [6.07, 6.45) is 3.33. The summed E-state index contributed by atoms with van der Waals surface area (Å²) in [6.45, 7) is 0.0106. The van der Waals surface area contributed by atoms with Crippen LogP contribution in [-0.4, -0.2) is 15.1 Å². The van der Waals surface area contributed by atoms with E-state index in [0.717, 1.165) is 16.1 Å². The van der Waals surface area contributed by atoms with Gasteiger partial charge in [-0.1, -0.05) is 17.7 Å². The van der Waals surface area contributed by atoms with Crippen LogP contribution in [0.1, 0.15) is 5.56 Å². The molecule has 0 bridgehead atoms. The smallest absolute Gasteiger partial charge is 0.184 e. The van der Waals surface area contributed by atoms with Crippen molar-refractivity contribution in [2.45, 2.75) is 6.61 Å². The van der Waals surface area contributed by atoms with E-state index in [0.29, 0.717) is 4.47 Å². The molecule has 0 atom stereocenters. The molecule has 2 aromatic rings. The molecule has 2 heterocycles. The molecule has 0 fully saturated rings. The molecule has 0 aliphatic carbocycles. The minimum absolute atomic E-state index is 0.0106. The van der Waals surface area contributed by atoms with E-state index in [4.69, 9.17) is 16.7 Å². The van der Waals surface area contributed by atoms with Crippen LogP contribution < -0.4 is 0 Å². The molecule has 3 nitrogen and oxygen atoms in total. The van der Waals surface area contributed by atoms with Crippen LogP contribution in [-0.2, 0) is 6.61 Å². The van der Waals surface area contributed by atoms with Crippen LogP contribution in [0.4, 0.5) is 0 Å². The molecule has 14 heavy (non-hydrogen) atoms. The highest BCUT2D eigenvalue weighted by molar-refractivity contribution is 7.18. The lowest BCUT2D eigenvalue weighted by molar-refractivity contribution is 0.281.